The Balaban J connectivity index is 3.18. The van der Waals surface area contributed by atoms with E-state index in [0.717, 1.165) is 0 Å². The molecule has 0 saturated heterocycles. The number of hydrogen-bond donors (Lipinski definition) is 2. The summed E-state index contributed by atoms with van der Waals surface area (Å²) in [5.74, 6) is -1.55. The van der Waals surface area contributed by atoms with E-state index in [1.807, 2.05) is 0 Å². The van der Waals surface area contributed by atoms with Crippen LogP contribution >= 0.6 is 11.6 Å². The molecule has 0 aromatic heterocycles. The molecule has 0 atom stereocenters. The number of nitrogens with zero attached hydrogens (tertiary/aromatic N) is 1. The van der Waals surface area contributed by atoms with Gasteiger partial charge in [-0.15, -0.1) is 0 Å². The van der Waals surface area contributed by atoms with Crippen LogP contribution in [0, 0.1) is 10.1 Å². The van der Waals surface area contributed by atoms with Gasteiger partial charge in [0.15, 0.2) is 0 Å². The standard InChI is InChI=1S/C11H12ClN3O4/c1-11(2,10(13)17)14-9(16)6-4-3-5-7(12)8(6)15(18)19/h3-5H,1-2H3,(H2,13,17)(H,14,16). The van der Waals surface area contributed by atoms with Crippen molar-refractivity contribution in [2.75, 3.05) is 0 Å². The first kappa shape index (κ1) is 14.9. The van der Waals surface area contributed by atoms with E-state index in [4.69, 9.17) is 17.3 Å². The minimum absolute atomic E-state index is 0.158. The molecular weight excluding hydrogens is 274 g/mol. The van der Waals surface area contributed by atoms with E-state index in [1.165, 1.54) is 32.0 Å². The van der Waals surface area contributed by atoms with Crippen molar-refractivity contribution in [1.82, 2.24) is 5.32 Å². The molecule has 0 heterocycles. The van der Waals surface area contributed by atoms with Crippen LogP contribution in [0.5, 0.6) is 0 Å². The molecule has 0 fully saturated rings. The van der Waals surface area contributed by atoms with Gasteiger partial charge in [-0.25, -0.2) is 0 Å². The number of nitro benzene ring substituents is 1. The van der Waals surface area contributed by atoms with Gasteiger partial charge in [0.1, 0.15) is 16.1 Å². The van der Waals surface area contributed by atoms with Crippen molar-refractivity contribution in [3.63, 3.8) is 0 Å². The number of hydrogen-bond acceptors (Lipinski definition) is 4. The maximum atomic E-state index is 12.0. The largest absolute Gasteiger partial charge is 0.368 e. The van der Waals surface area contributed by atoms with E-state index in [1.54, 1.807) is 0 Å². The lowest BCUT2D eigenvalue weighted by Gasteiger charge is -2.22. The lowest BCUT2D eigenvalue weighted by Crippen LogP contribution is -2.53. The number of nitrogens with one attached hydrogen (secondary N) is 1. The summed E-state index contributed by atoms with van der Waals surface area (Å²) in [6, 6.07) is 3.95. The summed E-state index contributed by atoms with van der Waals surface area (Å²) >= 11 is 5.69. The van der Waals surface area contributed by atoms with Gasteiger partial charge in [-0.1, -0.05) is 17.7 Å². The van der Waals surface area contributed by atoms with Gasteiger partial charge in [0.05, 0.1) is 4.92 Å². The molecule has 1 rings (SSSR count). The minimum atomic E-state index is -1.33. The highest BCUT2D eigenvalue weighted by Gasteiger charge is 2.31. The Kier molecular flexibility index (Phi) is 4.10. The van der Waals surface area contributed by atoms with Gasteiger partial charge in [0, 0.05) is 0 Å². The predicted molar refractivity (Wildman–Crippen MR) is 68.8 cm³/mol. The Morgan fingerprint density at radius 1 is 1.42 bits per heavy atom. The first-order valence-corrected chi connectivity index (χ1v) is 5.60. The summed E-state index contributed by atoms with van der Waals surface area (Å²) in [5.41, 5.74) is 3.04. The highest BCUT2D eigenvalue weighted by atomic mass is 35.5. The van der Waals surface area contributed by atoms with E-state index in [-0.39, 0.29) is 10.6 Å². The van der Waals surface area contributed by atoms with Crippen molar-refractivity contribution in [2.45, 2.75) is 19.4 Å². The number of nitro groups is 1. The number of nitrogens with two attached hydrogens (primary N) is 1. The van der Waals surface area contributed by atoms with Crippen molar-refractivity contribution >= 4 is 29.1 Å². The molecule has 7 nitrogen and oxygen atoms in total. The summed E-state index contributed by atoms with van der Waals surface area (Å²) in [7, 11) is 0. The zero-order valence-electron chi connectivity index (χ0n) is 10.3. The first-order valence-electron chi connectivity index (χ1n) is 5.22. The minimum Gasteiger partial charge on any atom is -0.368 e. The van der Waals surface area contributed by atoms with Crippen LogP contribution in [0.2, 0.25) is 5.02 Å². The van der Waals surface area contributed by atoms with Crippen LogP contribution in [0.15, 0.2) is 18.2 Å². The fourth-order valence-electron chi connectivity index (χ4n) is 1.30. The zero-order chi connectivity index (χ0) is 14.8. The number of carbonyl (C=O) groups is 2. The molecule has 0 radical (unpaired) electrons. The van der Waals surface area contributed by atoms with E-state index >= 15 is 0 Å². The van der Waals surface area contributed by atoms with E-state index in [0.29, 0.717) is 0 Å². The molecule has 0 aliphatic heterocycles. The van der Waals surface area contributed by atoms with Crippen LogP contribution in [0.1, 0.15) is 24.2 Å². The lowest BCUT2D eigenvalue weighted by atomic mass is 10.0. The van der Waals surface area contributed by atoms with Crippen LogP contribution in [-0.4, -0.2) is 22.3 Å². The van der Waals surface area contributed by atoms with Crippen molar-refractivity contribution in [3.8, 4) is 0 Å². The summed E-state index contributed by atoms with van der Waals surface area (Å²) in [5, 5.41) is 13.1. The third-order valence-electron chi connectivity index (χ3n) is 2.46. The Hall–Kier alpha value is -2.15. The zero-order valence-corrected chi connectivity index (χ0v) is 11.0. The predicted octanol–water partition coefficient (Wildman–Crippen LogP) is 1.24. The van der Waals surface area contributed by atoms with E-state index < -0.39 is 28.0 Å². The number of benzene rings is 1. The average Bonchev–Trinajstić information content (AvgIpc) is 2.27. The molecule has 0 aliphatic rings. The monoisotopic (exact) mass is 285 g/mol. The molecule has 0 saturated carbocycles. The van der Waals surface area contributed by atoms with Gasteiger partial charge < -0.3 is 11.1 Å². The molecule has 1 aromatic carbocycles. The van der Waals surface area contributed by atoms with Crippen LogP contribution in [0.25, 0.3) is 0 Å². The fourth-order valence-corrected chi connectivity index (χ4v) is 1.54. The van der Waals surface area contributed by atoms with Crippen LogP contribution in [0.3, 0.4) is 0 Å². The second-order valence-corrected chi connectivity index (χ2v) is 4.74. The first-order chi connectivity index (χ1) is 8.66. The van der Waals surface area contributed by atoms with Gasteiger partial charge in [0.25, 0.3) is 5.91 Å². The molecule has 2 amide bonds. The van der Waals surface area contributed by atoms with Crippen LogP contribution < -0.4 is 11.1 Å². The summed E-state index contributed by atoms with van der Waals surface area (Å²) in [6.45, 7) is 2.78. The molecule has 102 valence electrons. The highest BCUT2D eigenvalue weighted by Crippen LogP contribution is 2.28. The smallest absolute Gasteiger partial charge is 0.300 e. The third-order valence-corrected chi connectivity index (χ3v) is 2.76. The Morgan fingerprint density at radius 3 is 2.47 bits per heavy atom. The number of rotatable bonds is 4. The van der Waals surface area contributed by atoms with Crippen molar-refractivity contribution in [1.29, 1.82) is 0 Å². The Labute approximate surface area is 113 Å². The summed E-state index contributed by atoms with van der Waals surface area (Å²) in [6.07, 6.45) is 0. The number of carbonyl (C=O) groups excluding carboxylic acids is 2. The van der Waals surface area contributed by atoms with Crippen LogP contribution in [0.4, 0.5) is 5.69 Å². The van der Waals surface area contributed by atoms with Gasteiger partial charge in [0.2, 0.25) is 5.91 Å². The van der Waals surface area contributed by atoms with Gasteiger partial charge in [-0.05, 0) is 26.0 Å². The van der Waals surface area contributed by atoms with Crippen molar-refractivity contribution in [2.24, 2.45) is 5.73 Å². The normalized spacial score (nSPS) is 10.9. The maximum Gasteiger partial charge on any atom is 0.300 e. The lowest BCUT2D eigenvalue weighted by molar-refractivity contribution is -0.385. The molecule has 0 aliphatic carbocycles. The topological polar surface area (TPSA) is 115 Å². The molecule has 0 spiro atoms. The molecule has 0 unspecified atom stereocenters. The van der Waals surface area contributed by atoms with Gasteiger partial charge in [-0.2, -0.15) is 0 Å². The summed E-state index contributed by atoms with van der Waals surface area (Å²) in [4.78, 5) is 33.2. The molecule has 8 heteroatoms. The second kappa shape index (κ2) is 5.23. The molecule has 3 N–H and O–H groups in total. The van der Waals surface area contributed by atoms with Crippen molar-refractivity contribution < 1.29 is 14.5 Å². The third kappa shape index (κ3) is 3.19. The van der Waals surface area contributed by atoms with E-state index in [9.17, 15) is 19.7 Å². The number of para-hydroxylation sites is 1. The number of amides is 2. The maximum absolute atomic E-state index is 12.0. The van der Waals surface area contributed by atoms with Crippen molar-refractivity contribution in [3.05, 3.63) is 38.9 Å². The second-order valence-electron chi connectivity index (χ2n) is 4.34. The van der Waals surface area contributed by atoms with Crippen LogP contribution in [-0.2, 0) is 4.79 Å². The number of primary amides is 1. The van der Waals surface area contributed by atoms with Gasteiger partial charge >= 0.3 is 5.69 Å². The molecule has 0 bridgehead atoms. The SMILES string of the molecule is CC(C)(NC(=O)c1cccc(Cl)c1[N+](=O)[O-])C(N)=O. The van der Waals surface area contributed by atoms with Gasteiger partial charge in [-0.3, -0.25) is 19.7 Å². The highest BCUT2D eigenvalue weighted by molar-refractivity contribution is 6.33. The molecular formula is C11H12ClN3O4. The molecule has 19 heavy (non-hydrogen) atoms. The quantitative estimate of drug-likeness (QED) is 0.639. The Bertz CT molecular complexity index is 557. The summed E-state index contributed by atoms with van der Waals surface area (Å²) < 4.78 is 0. The Morgan fingerprint density at radius 2 is 2.00 bits per heavy atom. The average molecular weight is 286 g/mol. The fraction of sp³-hybridized carbons (Fsp3) is 0.273. The molecule has 1 aromatic rings. The number of halogens is 1. The van der Waals surface area contributed by atoms with E-state index in [2.05, 4.69) is 5.32 Å².